The average molecular weight is 367 g/mol. The molecule has 0 unspecified atom stereocenters. The molecule has 0 aliphatic rings. The van der Waals surface area contributed by atoms with Gasteiger partial charge in [0.05, 0.1) is 17.2 Å². The molecule has 0 fully saturated rings. The number of halogens is 2. The van der Waals surface area contributed by atoms with Crippen LogP contribution in [0.25, 0.3) is 0 Å². The maximum absolute atomic E-state index is 4.33. The molecule has 0 saturated heterocycles. The minimum absolute atomic E-state index is 0.759. The molecule has 0 aliphatic carbocycles. The highest BCUT2D eigenvalue weighted by Gasteiger charge is 2.04. The molecule has 6 heteroatoms. The van der Waals surface area contributed by atoms with E-state index in [4.69, 9.17) is 0 Å². The maximum atomic E-state index is 4.33. The lowest BCUT2D eigenvalue weighted by Gasteiger charge is -1.95. The average Bonchev–Trinajstić information content (AvgIpc) is 2.62. The molecule has 2 aromatic heterocycles. The van der Waals surface area contributed by atoms with Crippen molar-refractivity contribution in [1.29, 1.82) is 0 Å². The van der Waals surface area contributed by atoms with Crippen LogP contribution in [0.2, 0.25) is 0 Å². The third-order valence-electron chi connectivity index (χ3n) is 1.78. The summed E-state index contributed by atoms with van der Waals surface area (Å²) in [6.07, 6.45) is 5.81. The summed E-state index contributed by atoms with van der Waals surface area (Å²) in [5.74, 6) is 0. The van der Waals surface area contributed by atoms with Crippen molar-refractivity contribution >= 4 is 38.5 Å². The van der Waals surface area contributed by atoms with Gasteiger partial charge in [-0.3, -0.25) is 9.36 Å². The Bertz CT molecular complexity index is 428. The van der Waals surface area contributed by atoms with E-state index in [0.717, 1.165) is 20.3 Å². The Labute approximate surface area is 104 Å². The van der Waals surface area contributed by atoms with Gasteiger partial charge in [0, 0.05) is 25.0 Å². The molecular formula is C8H8BrIN4. The fourth-order valence-corrected chi connectivity index (χ4v) is 1.93. The first-order valence-electron chi connectivity index (χ1n) is 4.01. The summed E-state index contributed by atoms with van der Waals surface area (Å²) >= 11 is 5.62. The second-order valence-corrected chi connectivity index (χ2v) is 4.86. The molecule has 0 spiro atoms. The van der Waals surface area contributed by atoms with Gasteiger partial charge in [-0.15, -0.1) is 0 Å². The van der Waals surface area contributed by atoms with Crippen LogP contribution in [-0.4, -0.2) is 19.6 Å². The van der Waals surface area contributed by atoms with Crippen LogP contribution >= 0.6 is 38.5 Å². The summed E-state index contributed by atoms with van der Waals surface area (Å²) in [5, 5.41) is 8.44. The van der Waals surface area contributed by atoms with Crippen molar-refractivity contribution in [3.8, 4) is 0 Å². The number of aromatic nitrogens is 4. The summed E-state index contributed by atoms with van der Waals surface area (Å²) < 4.78 is 5.69. The molecular weight excluding hydrogens is 359 g/mol. The lowest BCUT2D eigenvalue weighted by atomic mass is 10.4. The molecule has 0 N–H and O–H groups in total. The van der Waals surface area contributed by atoms with Crippen LogP contribution in [0, 0.1) is 3.70 Å². The highest BCUT2D eigenvalue weighted by Crippen LogP contribution is 2.17. The maximum Gasteiger partial charge on any atom is 0.137 e. The van der Waals surface area contributed by atoms with Gasteiger partial charge in [-0.05, 0) is 38.5 Å². The van der Waals surface area contributed by atoms with Gasteiger partial charge in [0.2, 0.25) is 0 Å². The van der Waals surface area contributed by atoms with Crippen molar-refractivity contribution < 1.29 is 0 Å². The van der Waals surface area contributed by atoms with Gasteiger partial charge >= 0.3 is 0 Å². The van der Waals surface area contributed by atoms with E-state index in [2.05, 4.69) is 48.7 Å². The normalized spacial score (nSPS) is 10.8. The summed E-state index contributed by atoms with van der Waals surface area (Å²) in [4.78, 5) is 0. The van der Waals surface area contributed by atoms with E-state index in [-0.39, 0.29) is 0 Å². The highest BCUT2D eigenvalue weighted by atomic mass is 127. The Balaban J connectivity index is 2.18. The molecule has 2 rings (SSSR count). The minimum atomic E-state index is 0.759. The van der Waals surface area contributed by atoms with Crippen LogP contribution in [0.4, 0.5) is 0 Å². The summed E-state index contributed by atoms with van der Waals surface area (Å²) in [7, 11) is 1.91. The molecule has 0 saturated carbocycles. The van der Waals surface area contributed by atoms with Crippen molar-refractivity contribution in [1.82, 2.24) is 19.6 Å². The predicted octanol–water partition coefficient (Wildman–Crippen LogP) is 2.03. The van der Waals surface area contributed by atoms with Gasteiger partial charge in [-0.2, -0.15) is 10.2 Å². The topological polar surface area (TPSA) is 35.6 Å². The highest BCUT2D eigenvalue weighted by molar-refractivity contribution is 14.1. The lowest BCUT2D eigenvalue weighted by Crippen LogP contribution is -1.99. The van der Waals surface area contributed by atoms with E-state index in [1.807, 2.05) is 30.3 Å². The monoisotopic (exact) mass is 366 g/mol. The smallest absolute Gasteiger partial charge is 0.137 e. The molecule has 0 bridgehead atoms. The molecule has 2 heterocycles. The minimum Gasteiger partial charge on any atom is -0.275 e. The third-order valence-corrected chi connectivity index (χ3v) is 3.90. The molecule has 0 aliphatic heterocycles. The van der Waals surface area contributed by atoms with Gasteiger partial charge in [0.15, 0.2) is 0 Å². The summed E-state index contributed by atoms with van der Waals surface area (Å²) in [6, 6.07) is 0. The van der Waals surface area contributed by atoms with Gasteiger partial charge < -0.3 is 0 Å². The van der Waals surface area contributed by atoms with Crippen LogP contribution in [0.5, 0.6) is 0 Å². The zero-order valence-corrected chi connectivity index (χ0v) is 11.2. The van der Waals surface area contributed by atoms with E-state index in [1.54, 1.807) is 4.68 Å². The molecule has 74 valence electrons. The second-order valence-electron chi connectivity index (χ2n) is 2.99. The van der Waals surface area contributed by atoms with Crippen molar-refractivity contribution in [2.45, 2.75) is 6.54 Å². The Morgan fingerprint density at radius 1 is 1.50 bits per heavy atom. The van der Waals surface area contributed by atoms with Crippen LogP contribution in [0.3, 0.4) is 0 Å². The quantitative estimate of drug-likeness (QED) is 0.762. The Morgan fingerprint density at radius 3 is 2.79 bits per heavy atom. The lowest BCUT2D eigenvalue weighted by molar-refractivity contribution is 0.679. The number of nitrogens with zero attached hydrogens (tertiary/aromatic N) is 4. The molecule has 0 atom stereocenters. The standard InChI is InChI=1S/C8H8BrIN4/c1-13-3-6(2-11-13)4-14-5-7(9)8(10)12-14/h2-3,5H,4H2,1H3. The Hall–Kier alpha value is -0.370. The molecule has 0 radical (unpaired) electrons. The number of rotatable bonds is 2. The van der Waals surface area contributed by atoms with E-state index >= 15 is 0 Å². The van der Waals surface area contributed by atoms with Crippen molar-refractivity contribution in [3.05, 3.63) is 32.3 Å². The number of hydrogen-bond acceptors (Lipinski definition) is 2. The van der Waals surface area contributed by atoms with Crippen LogP contribution < -0.4 is 0 Å². The Morgan fingerprint density at radius 2 is 2.29 bits per heavy atom. The van der Waals surface area contributed by atoms with Gasteiger partial charge in [-0.25, -0.2) is 0 Å². The van der Waals surface area contributed by atoms with Gasteiger partial charge in [-0.1, -0.05) is 0 Å². The fraction of sp³-hybridized carbons (Fsp3) is 0.250. The largest absolute Gasteiger partial charge is 0.275 e. The number of hydrogen-bond donors (Lipinski definition) is 0. The molecule has 4 nitrogen and oxygen atoms in total. The van der Waals surface area contributed by atoms with E-state index in [9.17, 15) is 0 Å². The SMILES string of the molecule is Cn1cc(Cn2cc(Br)c(I)n2)cn1. The van der Waals surface area contributed by atoms with E-state index in [0.29, 0.717) is 0 Å². The second kappa shape index (κ2) is 4.01. The van der Waals surface area contributed by atoms with E-state index < -0.39 is 0 Å². The van der Waals surface area contributed by atoms with Crippen LogP contribution in [0.15, 0.2) is 23.1 Å². The molecule has 14 heavy (non-hydrogen) atoms. The van der Waals surface area contributed by atoms with Gasteiger partial charge in [0.1, 0.15) is 3.70 Å². The first kappa shape index (κ1) is 10.2. The predicted molar refractivity (Wildman–Crippen MR) is 65.0 cm³/mol. The summed E-state index contributed by atoms with van der Waals surface area (Å²) in [5.41, 5.74) is 1.15. The zero-order valence-electron chi connectivity index (χ0n) is 7.48. The van der Waals surface area contributed by atoms with Crippen LogP contribution in [0.1, 0.15) is 5.56 Å². The van der Waals surface area contributed by atoms with Crippen molar-refractivity contribution in [2.24, 2.45) is 7.05 Å². The van der Waals surface area contributed by atoms with Crippen LogP contribution in [-0.2, 0) is 13.6 Å². The first-order chi connectivity index (χ1) is 6.65. The van der Waals surface area contributed by atoms with Crippen molar-refractivity contribution in [2.75, 3.05) is 0 Å². The number of aryl methyl sites for hydroxylation is 1. The molecule has 0 aromatic carbocycles. The van der Waals surface area contributed by atoms with E-state index in [1.165, 1.54) is 0 Å². The first-order valence-corrected chi connectivity index (χ1v) is 5.88. The Kier molecular flexibility index (Phi) is 2.91. The zero-order chi connectivity index (χ0) is 10.1. The molecule has 0 amide bonds. The third kappa shape index (κ3) is 2.17. The van der Waals surface area contributed by atoms with Gasteiger partial charge in [0.25, 0.3) is 0 Å². The fourth-order valence-electron chi connectivity index (χ4n) is 1.20. The van der Waals surface area contributed by atoms with Crippen molar-refractivity contribution in [3.63, 3.8) is 0 Å². The summed E-state index contributed by atoms with van der Waals surface area (Å²) in [6.45, 7) is 0.759. The molecule has 2 aromatic rings.